The van der Waals surface area contributed by atoms with Gasteiger partial charge in [0, 0.05) is 22.3 Å². The average Bonchev–Trinajstić information content (AvgIpc) is 3.43. The lowest BCUT2D eigenvalue weighted by Gasteiger charge is -2.37. The number of aliphatic imine (C=N–C) groups is 1. The van der Waals surface area contributed by atoms with E-state index in [2.05, 4.69) is 111 Å². The van der Waals surface area contributed by atoms with E-state index < -0.39 is 0 Å². The molecule has 1 aliphatic carbocycles. The van der Waals surface area contributed by atoms with Crippen LogP contribution in [0.1, 0.15) is 46.2 Å². The van der Waals surface area contributed by atoms with Gasteiger partial charge in [0.2, 0.25) is 0 Å². The third-order valence-electron chi connectivity index (χ3n) is 7.40. The molecule has 0 saturated heterocycles. The second kappa shape index (κ2) is 10.9. The largest absolute Gasteiger partial charge is 0.488 e. The van der Waals surface area contributed by atoms with Crippen LogP contribution in [0.4, 0.5) is 11.4 Å². The van der Waals surface area contributed by atoms with Gasteiger partial charge in [-0.05, 0) is 106 Å². The third kappa shape index (κ3) is 5.36. The van der Waals surface area contributed by atoms with Crippen molar-refractivity contribution in [3.8, 4) is 5.75 Å². The number of rotatable bonds is 6. The summed E-state index contributed by atoms with van der Waals surface area (Å²) in [7, 11) is 0. The topological polar surface area (TPSA) is 33.6 Å². The van der Waals surface area contributed by atoms with Crippen LogP contribution in [0.15, 0.2) is 111 Å². The van der Waals surface area contributed by atoms with Crippen LogP contribution in [0.5, 0.6) is 5.75 Å². The van der Waals surface area contributed by atoms with Crippen molar-refractivity contribution in [2.75, 3.05) is 5.32 Å². The molecule has 2 aliphatic rings. The lowest BCUT2D eigenvalue weighted by atomic mass is 9.76. The van der Waals surface area contributed by atoms with Crippen LogP contribution >= 0.6 is 31.9 Å². The van der Waals surface area contributed by atoms with Crippen molar-refractivity contribution in [1.29, 1.82) is 0 Å². The van der Waals surface area contributed by atoms with Crippen molar-refractivity contribution in [2.45, 2.75) is 31.9 Å². The summed E-state index contributed by atoms with van der Waals surface area (Å²) in [6, 6.07) is 29.9. The highest BCUT2D eigenvalue weighted by Crippen LogP contribution is 2.50. The molecule has 4 aromatic carbocycles. The molecule has 0 aromatic heterocycles. The zero-order valence-corrected chi connectivity index (χ0v) is 24.2. The van der Waals surface area contributed by atoms with E-state index in [9.17, 15) is 0 Å². The molecule has 6 rings (SSSR count). The number of hydrogen-bond donors (Lipinski definition) is 1. The maximum absolute atomic E-state index is 5.99. The molecule has 0 spiro atoms. The Bertz CT molecular complexity index is 1510. The maximum Gasteiger partial charge on any atom is 0.134 e. The lowest BCUT2D eigenvalue weighted by molar-refractivity contribution is 0.304. The summed E-state index contributed by atoms with van der Waals surface area (Å²) in [6.45, 7) is 2.69. The van der Waals surface area contributed by atoms with Gasteiger partial charge in [0.05, 0.1) is 16.2 Å². The third-order valence-corrected chi connectivity index (χ3v) is 8.55. The number of halogens is 2. The molecule has 190 valence electrons. The van der Waals surface area contributed by atoms with Crippen LogP contribution in [0.3, 0.4) is 0 Å². The van der Waals surface area contributed by atoms with E-state index >= 15 is 0 Å². The Kier molecular flexibility index (Phi) is 7.22. The predicted molar refractivity (Wildman–Crippen MR) is 164 cm³/mol. The van der Waals surface area contributed by atoms with Crippen LogP contribution in [-0.2, 0) is 6.61 Å². The normalized spacial score (nSPS) is 19.7. The fraction of sp³-hybridized carbons (Fsp3) is 0.182. The number of nitrogens with zero attached hydrogens (tertiary/aromatic N) is 1. The number of allylic oxidation sites excluding steroid dienone is 2. The Balaban J connectivity index is 1.12. The molecule has 3 nitrogen and oxygen atoms in total. The number of fused-ring (bicyclic) bond motifs is 3. The van der Waals surface area contributed by atoms with Gasteiger partial charge in [-0.25, -0.2) is 0 Å². The summed E-state index contributed by atoms with van der Waals surface area (Å²) >= 11 is 7.11. The lowest BCUT2D eigenvalue weighted by Crippen LogP contribution is -2.29. The molecule has 1 aliphatic heterocycles. The summed E-state index contributed by atoms with van der Waals surface area (Å²) in [5.74, 6) is 1.83. The van der Waals surface area contributed by atoms with Gasteiger partial charge in [0.25, 0.3) is 0 Å². The van der Waals surface area contributed by atoms with Gasteiger partial charge in [0.1, 0.15) is 12.4 Å². The number of anilines is 1. The van der Waals surface area contributed by atoms with Gasteiger partial charge < -0.3 is 10.1 Å². The van der Waals surface area contributed by atoms with E-state index in [0.29, 0.717) is 24.5 Å². The molecule has 1 heterocycles. The number of benzene rings is 4. The van der Waals surface area contributed by atoms with Crippen LogP contribution < -0.4 is 10.1 Å². The Morgan fingerprint density at radius 1 is 0.947 bits per heavy atom. The first-order valence-corrected chi connectivity index (χ1v) is 14.5. The van der Waals surface area contributed by atoms with Crippen LogP contribution in [0, 0.1) is 12.8 Å². The van der Waals surface area contributed by atoms with Crippen molar-refractivity contribution in [3.63, 3.8) is 0 Å². The van der Waals surface area contributed by atoms with E-state index in [1.54, 1.807) is 0 Å². The standard InChI is InChI=1S/C33H28Br2N2O/c1-21-5-15-31-29(17-21)27-3-2-4-28(27)33(37-31)24-9-13-26(14-10-24)36-19-23-8-16-32(30(35)18-23)38-20-22-6-11-25(34)12-7-22/h2-3,5-19,27-28,33,37H,4,20H2,1H3/t27-,28-,33+/m1/s1. The minimum Gasteiger partial charge on any atom is -0.488 e. The average molecular weight is 628 g/mol. The van der Waals surface area contributed by atoms with Crippen molar-refractivity contribution in [1.82, 2.24) is 0 Å². The minimum absolute atomic E-state index is 0.296. The first-order chi connectivity index (χ1) is 18.5. The second-order valence-corrected chi connectivity index (χ2v) is 11.8. The molecule has 4 aromatic rings. The Morgan fingerprint density at radius 3 is 2.55 bits per heavy atom. The van der Waals surface area contributed by atoms with E-state index in [-0.39, 0.29) is 0 Å². The molecule has 0 bridgehead atoms. The SMILES string of the molecule is Cc1ccc2c(c1)[C@@H]1C=CC[C@H]1[C@H](c1ccc(N=Cc3ccc(OCc4ccc(Br)cc4)c(Br)c3)cc1)N2. The quantitative estimate of drug-likeness (QED) is 0.170. The van der Waals surface area contributed by atoms with Crippen LogP contribution in [0.2, 0.25) is 0 Å². The van der Waals surface area contributed by atoms with Crippen molar-refractivity contribution < 1.29 is 4.74 Å². The fourth-order valence-corrected chi connectivity index (χ4v) is 6.19. The van der Waals surface area contributed by atoms with Gasteiger partial charge in [-0.1, -0.05) is 70.0 Å². The highest BCUT2D eigenvalue weighted by molar-refractivity contribution is 9.10. The molecule has 3 atom stereocenters. The number of hydrogen-bond acceptors (Lipinski definition) is 3. The maximum atomic E-state index is 5.99. The number of ether oxygens (including phenoxy) is 1. The van der Waals surface area contributed by atoms with Gasteiger partial charge in [-0.3, -0.25) is 4.99 Å². The highest BCUT2D eigenvalue weighted by Gasteiger charge is 2.37. The molecular formula is C33H28Br2N2O. The number of aryl methyl sites for hydroxylation is 1. The van der Waals surface area contributed by atoms with E-state index in [1.807, 2.05) is 36.5 Å². The number of nitrogens with one attached hydrogen (secondary N) is 1. The zero-order chi connectivity index (χ0) is 26.1. The molecular weight excluding hydrogens is 600 g/mol. The van der Waals surface area contributed by atoms with Crippen molar-refractivity contribution >= 4 is 49.4 Å². The van der Waals surface area contributed by atoms with Crippen molar-refractivity contribution in [2.24, 2.45) is 10.9 Å². The highest BCUT2D eigenvalue weighted by atomic mass is 79.9. The predicted octanol–water partition coefficient (Wildman–Crippen LogP) is 9.68. The molecule has 38 heavy (non-hydrogen) atoms. The molecule has 0 radical (unpaired) electrons. The summed E-state index contributed by atoms with van der Waals surface area (Å²) in [4.78, 5) is 4.72. The second-order valence-electron chi connectivity index (χ2n) is 10.0. The smallest absolute Gasteiger partial charge is 0.134 e. The van der Waals surface area contributed by atoms with E-state index in [0.717, 1.165) is 37.9 Å². The Hall–Kier alpha value is -3.15. The van der Waals surface area contributed by atoms with E-state index in [4.69, 9.17) is 9.73 Å². The first-order valence-electron chi connectivity index (χ1n) is 12.9. The van der Waals surface area contributed by atoms with E-state index in [1.165, 1.54) is 22.4 Å². The molecule has 0 fully saturated rings. The molecule has 5 heteroatoms. The van der Waals surface area contributed by atoms with Gasteiger partial charge in [0.15, 0.2) is 0 Å². The minimum atomic E-state index is 0.296. The van der Waals surface area contributed by atoms with Crippen LogP contribution in [-0.4, -0.2) is 6.21 Å². The van der Waals surface area contributed by atoms with Crippen LogP contribution in [0.25, 0.3) is 0 Å². The molecule has 0 saturated carbocycles. The summed E-state index contributed by atoms with van der Waals surface area (Å²) in [6.07, 6.45) is 7.74. The summed E-state index contributed by atoms with van der Waals surface area (Å²) in [5.41, 5.74) is 8.38. The van der Waals surface area contributed by atoms with Gasteiger partial charge in [-0.15, -0.1) is 0 Å². The fourth-order valence-electron chi connectivity index (χ4n) is 5.42. The van der Waals surface area contributed by atoms with Gasteiger partial charge in [-0.2, -0.15) is 0 Å². The van der Waals surface area contributed by atoms with Gasteiger partial charge >= 0.3 is 0 Å². The summed E-state index contributed by atoms with van der Waals surface area (Å²) in [5, 5.41) is 3.83. The Morgan fingerprint density at radius 2 is 1.76 bits per heavy atom. The molecule has 0 amide bonds. The van der Waals surface area contributed by atoms with Crippen molar-refractivity contribution in [3.05, 3.63) is 134 Å². The Labute approximate surface area is 240 Å². The summed E-state index contributed by atoms with van der Waals surface area (Å²) < 4.78 is 7.96. The first kappa shape index (κ1) is 25.1. The zero-order valence-electron chi connectivity index (χ0n) is 21.1. The molecule has 1 N–H and O–H groups in total. The molecule has 0 unspecified atom stereocenters. The monoisotopic (exact) mass is 626 g/mol.